The summed E-state index contributed by atoms with van der Waals surface area (Å²) in [5.41, 5.74) is 2.78. The average Bonchev–Trinajstić information content (AvgIpc) is 3.25. The van der Waals surface area contributed by atoms with Gasteiger partial charge in [0.1, 0.15) is 0 Å². The van der Waals surface area contributed by atoms with Gasteiger partial charge in [-0.05, 0) is 30.2 Å². The molecule has 0 unspecified atom stereocenters. The number of nitrogens with zero attached hydrogens (tertiary/aromatic N) is 2. The molecular weight excluding hydrogens is 389 g/mol. The van der Waals surface area contributed by atoms with E-state index < -0.39 is 0 Å². The van der Waals surface area contributed by atoms with Gasteiger partial charge in [0.2, 0.25) is 0 Å². The predicted molar refractivity (Wildman–Crippen MR) is 109 cm³/mol. The van der Waals surface area contributed by atoms with E-state index in [1.807, 2.05) is 41.4 Å². The van der Waals surface area contributed by atoms with Crippen LogP contribution >= 0.6 is 34.5 Å². The summed E-state index contributed by atoms with van der Waals surface area (Å²) in [7, 11) is 0. The normalized spacial score (nSPS) is 15.7. The molecule has 4 rings (SSSR count). The molecule has 26 heavy (non-hydrogen) atoms. The molecule has 1 amide bonds. The van der Waals surface area contributed by atoms with Crippen molar-refractivity contribution in [1.82, 2.24) is 14.8 Å². The Balaban J connectivity index is 1.35. The molecular formula is C19H19Cl2N3OS. The predicted octanol–water partition coefficient (Wildman–Crippen LogP) is 4.54. The molecule has 4 nitrogen and oxygen atoms in total. The number of amides is 1. The van der Waals surface area contributed by atoms with E-state index in [2.05, 4.69) is 9.88 Å². The standard InChI is InChI=1S/C19H19Cl2N3OS/c20-16-12-14(18(21)26-16)5-7-23-8-10-24(11-9-23)19(25)15-3-1-2-13-4-6-22-17(13)15/h1-4,6,12,22H,5,7-11H2. The average molecular weight is 408 g/mol. The van der Waals surface area contributed by atoms with Crippen LogP contribution in [0.15, 0.2) is 36.5 Å². The topological polar surface area (TPSA) is 39.3 Å². The van der Waals surface area contributed by atoms with Gasteiger partial charge in [-0.1, -0.05) is 35.3 Å². The number of H-pyrrole nitrogens is 1. The van der Waals surface area contributed by atoms with Crippen LogP contribution in [0.5, 0.6) is 0 Å². The maximum atomic E-state index is 12.9. The Morgan fingerprint density at radius 2 is 1.96 bits per heavy atom. The molecule has 2 aromatic heterocycles. The molecule has 0 aliphatic carbocycles. The molecule has 7 heteroatoms. The highest BCUT2D eigenvalue weighted by molar-refractivity contribution is 7.20. The number of carbonyl (C=O) groups excluding carboxylic acids is 1. The number of thiophene rings is 1. The second kappa shape index (κ2) is 7.61. The first-order chi connectivity index (χ1) is 12.6. The Hall–Kier alpha value is -1.53. The van der Waals surface area contributed by atoms with Crippen molar-refractivity contribution in [1.29, 1.82) is 0 Å². The number of aromatic nitrogens is 1. The molecule has 1 aromatic carbocycles. The molecule has 1 N–H and O–H groups in total. The lowest BCUT2D eigenvalue weighted by molar-refractivity contribution is 0.0640. The minimum absolute atomic E-state index is 0.102. The zero-order chi connectivity index (χ0) is 18.1. The summed E-state index contributed by atoms with van der Waals surface area (Å²) in [4.78, 5) is 20.4. The number of hydrogen-bond acceptors (Lipinski definition) is 3. The van der Waals surface area contributed by atoms with Crippen LogP contribution in [0.3, 0.4) is 0 Å². The number of piperazine rings is 1. The van der Waals surface area contributed by atoms with Crippen molar-refractivity contribution in [2.24, 2.45) is 0 Å². The molecule has 3 aromatic rings. The van der Waals surface area contributed by atoms with Crippen molar-refractivity contribution in [3.8, 4) is 0 Å². The van der Waals surface area contributed by atoms with Crippen LogP contribution in [0, 0.1) is 0 Å². The third kappa shape index (κ3) is 3.62. The summed E-state index contributed by atoms with van der Waals surface area (Å²) in [6.07, 6.45) is 2.76. The number of fused-ring (bicyclic) bond motifs is 1. The van der Waals surface area contributed by atoms with E-state index >= 15 is 0 Å². The van der Waals surface area contributed by atoms with E-state index in [-0.39, 0.29) is 5.91 Å². The smallest absolute Gasteiger partial charge is 0.256 e. The van der Waals surface area contributed by atoms with Gasteiger partial charge in [-0.15, -0.1) is 11.3 Å². The van der Waals surface area contributed by atoms with Gasteiger partial charge in [-0.2, -0.15) is 0 Å². The minimum atomic E-state index is 0.102. The molecule has 1 aliphatic rings. The molecule has 3 heterocycles. The van der Waals surface area contributed by atoms with Crippen LogP contribution < -0.4 is 0 Å². The molecule has 0 radical (unpaired) electrons. The second-order valence-corrected chi connectivity index (χ2v) is 8.77. The Kier molecular flexibility index (Phi) is 5.23. The molecule has 1 fully saturated rings. The number of aromatic amines is 1. The maximum Gasteiger partial charge on any atom is 0.256 e. The van der Waals surface area contributed by atoms with E-state index in [1.54, 1.807) is 0 Å². The van der Waals surface area contributed by atoms with Crippen molar-refractivity contribution < 1.29 is 4.79 Å². The summed E-state index contributed by atoms with van der Waals surface area (Å²) in [5, 5.41) is 1.07. The largest absolute Gasteiger partial charge is 0.361 e. The van der Waals surface area contributed by atoms with E-state index in [0.29, 0.717) is 0 Å². The summed E-state index contributed by atoms with van der Waals surface area (Å²) in [5.74, 6) is 0.102. The third-order valence-electron chi connectivity index (χ3n) is 4.90. The summed E-state index contributed by atoms with van der Waals surface area (Å²) in [6.45, 7) is 4.17. The Labute approximate surface area is 166 Å². The maximum absolute atomic E-state index is 12.9. The van der Waals surface area contributed by atoms with Crippen LogP contribution in [0.1, 0.15) is 15.9 Å². The Bertz CT molecular complexity index is 928. The number of carbonyl (C=O) groups is 1. The lowest BCUT2D eigenvalue weighted by atomic mass is 10.1. The van der Waals surface area contributed by atoms with E-state index in [0.717, 1.165) is 69.8 Å². The number of benzene rings is 1. The van der Waals surface area contributed by atoms with Crippen LogP contribution in [0.25, 0.3) is 10.9 Å². The van der Waals surface area contributed by atoms with Crippen molar-refractivity contribution in [3.05, 3.63) is 56.3 Å². The van der Waals surface area contributed by atoms with Gasteiger partial charge in [0.25, 0.3) is 5.91 Å². The highest BCUT2D eigenvalue weighted by Crippen LogP contribution is 2.31. The van der Waals surface area contributed by atoms with Gasteiger partial charge in [0, 0.05) is 44.3 Å². The second-order valence-electron chi connectivity index (χ2n) is 6.48. The fourth-order valence-electron chi connectivity index (χ4n) is 3.43. The fourth-order valence-corrected chi connectivity index (χ4v) is 4.98. The number of halogens is 2. The molecule has 0 bridgehead atoms. The van der Waals surface area contributed by atoms with Gasteiger partial charge >= 0.3 is 0 Å². The van der Waals surface area contributed by atoms with Crippen LogP contribution in [0.4, 0.5) is 0 Å². The van der Waals surface area contributed by atoms with Gasteiger partial charge in [-0.25, -0.2) is 0 Å². The van der Waals surface area contributed by atoms with Gasteiger partial charge in [0.15, 0.2) is 0 Å². The number of para-hydroxylation sites is 1. The highest BCUT2D eigenvalue weighted by atomic mass is 35.5. The minimum Gasteiger partial charge on any atom is -0.361 e. The molecule has 1 aliphatic heterocycles. The van der Waals surface area contributed by atoms with E-state index in [4.69, 9.17) is 23.2 Å². The van der Waals surface area contributed by atoms with Crippen LogP contribution in [-0.2, 0) is 6.42 Å². The van der Waals surface area contributed by atoms with E-state index in [9.17, 15) is 4.79 Å². The molecule has 0 atom stereocenters. The Morgan fingerprint density at radius 1 is 1.15 bits per heavy atom. The summed E-state index contributed by atoms with van der Waals surface area (Å²) in [6, 6.07) is 9.80. The molecule has 1 saturated heterocycles. The van der Waals surface area contributed by atoms with Crippen molar-refractivity contribution in [2.75, 3.05) is 32.7 Å². The zero-order valence-corrected chi connectivity index (χ0v) is 16.5. The molecule has 0 saturated carbocycles. The van der Waals surface area contributed by atoms with Gasteiger partial charge in [-0.3, -0.25) is 9.69 Å². The van der Waals surface area contributed by atoms with Crippen LogP contribution in [0.2, 0.25) is 8.67 Å². The third-order valence-corrected chi connectivity index (χ3v) is 6.47. The summed E-state index contributed by atoms with van der Waals surface area (Å²) >= 11 is 13.6. The number of nitrogens with one attached hydrogen (secondary N) is 1. The molecule has 0 spiro atoms. The van der Waals surface area contributed by atoms with Crippen LogP contribution in [-0.4, -0.2) is 53.4 Å². The zero-order valence-electron chi connectivity index (χ0n) is 14.2. The first kappa shape index (κ1) is 17.9. The lowest BCUT2D eigenvalue weighted by Gasteiger charge is -2.34. The number of hydrogen-bond donors (Lipinski definition) is 1. The fraction of sp³-hybridized carbons (Fsp3) is 0.316. The highest BCUT2D eigenvalue weighted by Gasteiger charge is 2.23. The van der Waals surface area contributed by atoms with Crippen molar-refractivity contribution in [2.45, 2.75) is 6.42 Å². The summed E-state index contributed by atoms with van der Waals surface area (Å²) < 4.78 is 1.52. The van der Waals surface area contributed by atoms with Gasteiger partial charge in [0.05, 0.1) is 19.8 Å². The Morgan fingerprint density at radius 3 is 2.69 bits per heavy atom. The van der Waals surface area contributed by atoms with Crippen molar-refractivity contribution in [3.63, 3.8) is 0 Å². The molecule has 136 valence electrons. The SMILES string of the molecule is O=C(c1cccc2cc[nH]c12)N1CCN(CCc2cc(Cl)sc2Cl)CC1. The quantitative estimate of drug-likeness (QED) is 0.689. The van der Waals surface area contributed by atoms with E-state index in [1.165, 1.54) is 11.3 Å². The monoisotopic (exact) mass is 407 g/mol. The number of rotatable bonds is 4. The first-order valence-electron chi connectivity index (χ1n) is 8.63. The van der Waals surface area contributed by atoms with Gasteiger partial charge < -0.3 is 9.88 Å². The first-order valence-corrected chi connectivity index (χ1v) is 10.2. The lowest BCUT2D eigenvalue weighted by Crippen LogP contribution is -2.49. The van der Waals surface area contributed by atoms with Crippen molar-refractivity contribution >= 4 is 51.3 Å².